The maximum Gasteiger partial charge on any atom is 0.283 e. The van der Waals surface area contributed by atoms with Crippen LogP contribution < -0.4 is 9.46 Å². The molecule has 1 amide bonds. The number of nitrogens with zero attached hydrogens (tertiary/aromatic N) is 3. The van der Waals surface area contributed by atoms with Crippen LogP contribution in [0.5, 0.6) is 11.6 Å². The SMILES string of the molecule is Cc1cc(C)c(Oc2nc(-c3ccccn3)ccc2C(=O)NS(=O)(=O)c2cc[nH]n2)c(C)c1. The molecule has 0 fully saturated rings. The van der Waals surface area contributed by atoms with Crippen LogP contribution >= 0.6 is 0 Å². The van der Waals surface area contributed by atoms with E-state index in [2.05, 4.69) is 20.2 Å². The summed E-state index contributed by atoms with van der Waals surface area (Å²) < 4.78 is 33.1. The van der Waals surface area contributed by atoms with Crippen molar-refractivity contribution in [3.63, 3.8) is 0 Å². The van der Waals surface area contributed by atoms with Gasteiger partial charge in [0, 0.05) is 12.4 Å². The summed E-state index contributed by atoms with van der Waals surface area (Å²) in [6.07, 6.45) is 2.97. The van der Waals surface area contributed by atoms with Gasteiger partial charge in [0.05, 0.1) is 11.4 Å². The van der Waals surface area contributed by atoms with Gasteiger partial charge < -0.3 is 4.74 Å². The fourth-order valence-electron chi connectivity index (χ4n) is 3.40. The van der Waals surface area contributed by atoms with Crippen molar-refractivity contribution in [3.05, 3.63) is 83.2 Å². The number of sulfonamides is 1. The minimum atomic E-state index is -4.18. The van der Waals surface area contributed by atoms with Gasteiger partial charge in [0.2, 0.25) is 5.88 Å². The average Bonchev–Trinajstić information content (AvgIpc) is 3.32. The number of rotatable bonds is 6. The Kier molecular flexibility index (Phi) is 5.93. The van der Waals surface area contributed by atoms with Crippen LogP contribution in [0.3, 0.4) is 0 Å². The van der Waals surface area contributed by atoms with Crippen molar-refractivity contribution in [2.45, 2.75) is 25.8 Å². The molecule has 10 heteroatoms. The number of ether oxygens (including phenoxy) is 1. The second-order valence-electron chi connectivity index (χ2n) is 7.44. The number of aromatic nitrogens is 4. The van der Waals surface area contributed by atoms with Crippen LogP contribution in [-0.2, 0) is 10.0 Å². The Labute approximate surface area is 190 Å². The highest BCUT2D eigenvalue weighted by atomic mass is 32.2. The first-order chi connectivity index (χ1) is 15.7. The molecular formula is C23H21N5O4S. The average molecular weight is 464 g/mol. The second-order valence-corrected chi connectivity index (χ2v) is 9.07. The number of aryl methyl sites for hydroxylation is 3. The fourth-order valence-corrected chi connectivity index (χ4v) is 4.28. The Balaban J connectivity index is 1.77. The number of H-pyrrole nitrogens is 1. The van der Waals surface area contributed by atoms with Gasteiger partial charge in [-0.1, -0.05) is 23.8 Å². The molecule has 0 unspecified atom stereocenters. The molecule has 4 rings (SSSR count). The molecule has 4 aromatic rings. The molecule has 1 aromatic carbocycles. The third-order valence-corrected chi connectivity index (χ3v) is 6.05. The third kappa shape index (κ3) is 4.75. The van der Waals surface area contributed by atoms with Gasteiger partial charge >= 0.3 is 0 Å². The van der Waals surface area contributed by atoms with E-state index in [1.54, 1.807) is 24.4 Å². The first-order valence-corrected chi connectivity index (χ1v) is 11.5. The summed E-state index contributed by atoms with van der Waals surface area (Å²) in [5, 5.41) is 5.73. The molecule has 0 spiro atoms. The van der Waals surface area contributed by atoms with Crippen LogP contribution in [0.2, 0.25) is 0 Å². The Morgan fingerprint density at radius 1 is 1.00 bits per heavy atom. The van der Waals surface area contributed by atoms with E-state index < -0.39 is 15.9 Å². The van der Waals surface area contributed by atoms with Gasteiger partial charge in [-0.3, -0.25) is 14.9 Å². The van der Waals surface area contributed by atoms with Gasteiger partial charge in [0.1, 0.15) is 11.3 Å². The number of pyridine rings is 2. The minimum absolute atomic E-state index is 0.0390. The van der Waals surface area contributed by atoms with E-state index in [0.717, 1.165) is 16.7 Å². The van der Waals surface area contributed by atoms with E-state index in [9.17, 15) is 13.2 Å². The van der Waals surface area contributed by atoms with Crippen molar-refractivity contribution in [1.29, 1.82) is 0 Å². The number of carbonyl (C=O) groups is 1. The first-order valence-electron chi connectivity index (χ1n) is 9.99. The van der Waals surface area contributed by atoms with Crippen LogP contribution in [0.25, 0.3) is 11.4 Å². The van der Waals surface area contributed by atoms with Gasteiger partial charge in [-0.05, 0) is 62.2 Å². The number of nitrogens with one attached hydrogen (secondary N) is 2. The van der Waals surface area contributed by atoms with Gasteiger partial charge in [-0.25, -0.2) is 9.71 Å². The van der Waals surface area contributed by atoms with E-state index in [1.165, 1.54) is 18.3 Å². The maximum absolute atomic E-state index is 13.0. The molecule has 2 N–H and O–H groups in total. The lowest BCUT2D eigenvalue weighted by Crippen LogP contribution is -2.31. The van der Waals surface area contributed by atoms with E-state index in [0.29, 0.717) is 17.1 Å². The zero-order valence-corrected chi connectivity index (χ0v) is 19.0. The quantitative estimate of drug-likeness (QED) is 0.446. The number of hydrogen-bond donors (Lipinski definition) is 2. The highest BCUT2D eigenvalue weighted by molar-refractivity contribution is 7.90. The lowest BCUT2D eigenvalue weighted by molar-refractivity contribution is 0.0978. The molecule has 0 aliphatic rings. The van der Waals surface area contributed by atoms with Crippen LogP contribution in [-0.4, -0.2) is 34.5 Å². The van der Waals surface area contributed by atoms with E-state index in [4.69, 9.17) is 4.74 Å². The van der Waals surface area contributed by atoms with Gasteiger partial charge in [0.25, 0.3) is 15.9 Å². The molecule has 9 nitrogen and oxygen atoms in total. The number of amides is 1. The van der Waals surface area contributed by atoms with Crippen molar-refractivity contribution < 1.29 is 17.9 Å². The molecule has 3 heterocycles. The number of aromatic amines is 1. The van der Waals surface area contributed by atoms with Crippen molar-refractivity contribution in [1.82, 2.24) is 24.9 Å². The predicted molar refractivity (Wildman–Crippen MR) is 121 cm³/mol. The first kappa shape index (κ1) is 22.2. The van der Waals surface area contributed by atoms with Gasteiger partial charge in [-0.15, -0.1) is 0 Å². The summed E-state index contributed by atoms with van der Waals surface area (Å²) >= 11 is 0. The van der Waals surface area contributed by atoms with Gasteiger partial charge in [0.15, 0.2) is 5.03 Å². The normalized spacial score (nSPS) is 11.2. The highest BCUT2D eigenvalue weighted by Crippen LogP contribution is 2.32. The standard InChI is InChI=1S/C23H21N5O4S/c1-14-12-15(2)21(16(3)13-14)32-23-17(7-8-19(26-23)18-6-4-5-10-24-18)22(29)28-33(30,31)20-9-11-25-27-20/h4-13H,1-3H3,(H,25,27)(H,28,29). The molecule has 33 heavy (non-hydrogen) atoms. The summed E-state index contributed by atoms with van der Waals surface area (Å²) in [5.74, 6) is -0.395. The monoisotopic (exact) mass is 463 g/mol. The van der Waals surface area contributed by atoms with Crippen LogP contribution in [0.15, 0.2) is 66.0 Å². The van der Waals surface area contributed by atoms with Crippen LogP contribution in [0, 0.1) is 20.8 Å². The summed E-state index contributed by atoms with van der Waals surface area (Å²) in [7, 11) is -4.18. The van der Waals surface area contributed by atoms with Crippen LogP contribution in [0.4, 0.5) is 0 Å². The second kappa shape index (κ2) is 8.83. The smallest absolute Gasteiger partial charge is 0.283 e. The molecule has 0 atom stereocenters. The largest absolute Gasteiger partial charge is 0.438 e. The zero-order chi connectivity index (χ0) is 23.6. The molecule has 0 aliphatic heterocycles. The molecular weight excluding hydrogens is 442 g/mol. The Bertz CT molecular complexity index is 1400. The van der Waals surface area contributed by atoms with E-state index in [-0.39, 0.29) is 16.5 Å². The van der Waals surface area contributed by atoms with E-state index in [1.807, 2.05) is 43.7 Å². The molecule has 0 bridgehead atoms. The summed E-state index contributed by atoms with van der Waals surface area (Å²) in [4.78, 5) is 21.8. The van der Waals surface area contributed by atoms with Crippen LogP contribution in [0.1, 0.15) is 27.0 Å². The van der Waals surface area contributed by atoms with Crippen molar-refractivity contribution >= 4 is 15.9 Å². The topological polar surface area (TPSA) is 127 Å². The summed E-state index contributed by atoms with van der Waals surface area (Å²) in [6.45, 7) is 5.75. The zero-order valence-electron chi connectivity index (χ0n) is 18.2. The summed E-state index contributed by atoms with van der Waals surface area (Å²) in [5.41, 5.74) is 3.78. The van der Waals surface area contributed by atoms with Crippen molar-refractivity contribution in [2.75, 3.05) is 0 Å². The number of carbonyl (C=O) groups excluding carboxylic acids is 1. The number of benzene rings is 1. The molecule has 0 aliphatic carbocycles. The summed E-state index contributed by atoms with van der Waals surface area (Å²) in [6, 6.07) is 13.6. The lowest BCUT2D eigenvalue weighted by Gasteiger charge is -2.15. The fraction of sp³-hybridized carbons (Fsp3) is 0.130. The minimum Gasteiger partial charge on any atom is -0.438 e. The van der Waals surface area contributed by atoms with Gasteiger partial charge in [-0.2, -0.15) is 13.5 Å². The Hall–Kier alpha value is -4.05. The maximum atomic E-state index is 13.0. The predicted octanol–water partition coefficient (Wildman–Crippen LogP) is 3.70. The molecule has 0 saturated heterocycles. The molecule has 3 aromatic heterocycles. The lowest BCUT2D eigenvalue weighted by atomic mass is 10.1. The highest BCUT2D eigenvalue weighted by Gasteiger charge is 2.25. The van der Waals surface area contributed by atoms with E-state index >= 15 is 0 Å². The van der Waals surface area contributed by atoms with Crippen molar-refractivity contribution in [2.24, 2.45) is 0 Å². The third-order valence-electron chi connectivity index (χ3n) is 4.81. The Morgan fingerprint density at radius 2 is 1.76 bits per heavy atom. The Morgan fingerprint density at radius 3 is 2.39 bits per heavy atom. The molecule has 0 radical (unpaired) electrons. The molecule has 168 valence electrons. The van der Waals surface area contributed by atoms with Crippen molar-refractivity contribution in [3.8, 4) is 23.0 Å². The number of hydrogen-bond acceptors (Lipinski definition) is 7. The molecule has 0 saturated carbocycles.